The van der Waals surface area contributed by atoms with Gasteiger partial charge < -0.3 is 10.4 Å². The molecule has 1 heterocycles. The number of hydrogen-bond donors (Lipinski definition) is 2. The molecule has 0 bridgehead atoms. The number of aliphatic hydroxyl groups is 1. The van der Waals surface area contributed by atoms with Gasteiger partial charge in [0.05, 0.1) is 10.0 Å². The predicted octanol–water partition coefficient (Wildman–Crippen LogP) is 3.38. The molecule has 0 aliphatic carbocycles. The van der Waals surface area contributed by atoms with Crippen molar-refractivity contribution in [3.63, 3.8) is 0 Å². The maximum absolute atomic E-state index is 9.80. The Labute approximate surface area is 143 Å². The number of halogens is 3. The van der Waals surface area contributed by atoms with Crippen molar-refractivity contribution < 1.29 is 5.11 Å². The number of aliphatic hydroxyl groups excluding tert-OH is 1. The zero-order chi connectivity index (χ0) is 14.8. The Kier molecular flexibility index (Phi) is 7.25. The van der Waals surface area contributed by atoms with Crippen molar-refractivity contribution in [2.75, 3.05) is 32.8 Å². The van der Waals surface area contributed by atoms with E-state index in [1.807, 2.05) is 12.1 Å². The smallest absolute Gasteiger partial charge is 0.0640 e. The van der Waals surface area contributed by atoms with Crippen molar-refractivity contribution in [1.29, 1.82) is 0 Å². The Morgan fingerprint density at radius 3 is 2.48 bits per heavy atom. The third kappa shape index (κ3) is 4.25. The fraction of sp³-hybridized carbons (Fsp3) is 0.600. The van der Waals surface area contributed by atoms with E-state index in [9.17, 15) is 5.11 Å². The Hall–Kier alpha value is -0.0300. The van der Waals surface area contributed by atoms with Crippen LogP contribution in [0.2, 0.25) is 10.0 Å². The highest BCUT2D eigenvalue weighted by molar-refractivity contribution is 6.42. The minimum Gasteiger partial charge on any atom is -0.396 e. The van der Waals surface area contributed by atoms with Crippen LogP contribution in [0.25, 0.3) is 0 Å². The maximum Gasteiger partial charge on any atom is 0.0640 e. The van der Waals surface area contributed by atoms with Gasteiger partial charge in [-0.1, -0.05) is 49.2 Å². The first kappa shape index (κ1) is 19.0. The summed E-state index contributed by atoms with van der Waals surface area (Å²) in [5, 5.41) is 14.3. The van der Waals surface area contributed by atoms with Crippen molar-refractivity contribution in [3.8, 4) is 0 Å². The predicted molar refractivity (Wildman–Crippen MR) is 91.8 cm³/mol. The lowest BCUT2D eigenvalue weighted by Gasteiger charge is -2.43. The number of piperazine rings is 1. The van der Waals surface area contributed by atoms with E-state index in [1.54, 1.807) is 6.07 Å². The van der Waals surface area contributed by atoms with E-state index in [0.717, 1.165) is 31.7 Å². The summed E-state index contributed by atoms with van der Waals surface area (Å²) in [6.07, 6.45) is 0. The molecule has 0 amide bonds. The molecule has 6 heteroatoms. The zero-order valence-electron chi connectivity index (χ0n) is 12.4. The van der Waals surface area contributed by atoms with Gasteiger partial charge in [0, 0.05) is 44.2 Å². The highest BCUT2D eigenvalue weighted by Crippen LogP contribution is 2.42. The molecule has 1 aromatic rings. The van der Waals surface area contributed by atoms with Gasteiger partial charge >= 0.3 is 0 Å². The van der Waals surface area contributed by atoms with Crippen molar-refractivity contribution in [3.05, 3.63) is 33.8 Å². The maximum atomic E-state index is 9.80. The van der Waals surface area contributed by atoms with Crippen LogP contribution in [0.1, 0.15) is 25.5 Å². The molecule has 0 radical (unpaired) electrons. The molecule has 1 saturated heterocycles. The fourth-order valence-electron chi connectivity index (χ4n) is 2.87. The molecular weight excluding hydrogens is 331 g/mol. The monoisotopic (exact) mass is 352 g/mol. The van der Waals surface area contributed by atoms with E-state index in [2.05, 4.69) is 24.1 Å². The Morgan fingerprint density at radius 1 is 1.29 bits per heavy atom. The van der Waals surface area contributed by atoms with Crippen LogP contribution in [0.3, 0.4) is 0 Å². The molecule has 0 saturated carbocycles. The Balaban J connectivity index is 0.00000220. The van der Waals surface area contributed by atoms with Gasteiger partial charge in [0.2, 0.25) is 0 Å². The van der Waals surface area contributed by atoms with Crippen molar-refractivity contribution >= 4 is 35.6 Å². The Bertz CT molecular complexity index is 462. The topological polar surface area (TPSA) is 35.5 Å². The summed E-state index contributed by atoms with van der Waals surface area (Å²) in [5.41, 5.74) is 0.714. The van der Waals surface area contributed by atoms with Gasteiger partial charge in [-0.3, -0.25) is 4.90 Å². The molecule has 1 aliphatic heterocycles. The lowest BCUT2D eigenvalue weighted by Crippen LogP contribution is -2.49. The quantitative estimate of drug-likeness (QED) is 0.871. The first-order valence-electron chi connectivity index (χ1n) is 6.97. The van der Waals surface area contributed by atoms with Gasteiger partial charge in [-0.15, -0.1) is 12.4 Å². The molecule has 1 atom stereocenters. The average molecular weight is 354 g/mol. The van der Waals surface area contributed by atoms with Gasteiger partial charge in [-0.2, -0.15) is 0 Å². The van der Waals surface area contributed by atoms with E-state index >= 15 is 0 Å². The van der Waals surface area contributed by atoms with Crippen LogP contribution < -0.4 is 5.32 Å². The van der Waals surface area contributed by atoms with Crippen LogP contribution in [0, 0.1) is 5.41 Å². The molecule has 21 heavy (non-hydrogen) atoms. The van der Waals surface area contributed by atoms with Gasteiger partial charge in [0.15, 0.2) is 0 Å². The van der Waals surface area contributed by atoms with Gasteiger partial charge in [0.25, 0.3) is 0 Å². The second kappa shape index (κ2) is 8.00. The van der Waals surface area contributed by atoms with Crippen LogP contribution >= 0.6 is 35.6 Å². The largest absolute Gasteiger partial charge is 0.396 e. The summed E-state index contributed by atoms with van der Waals surface area (Å²) < 4.78 is 0. The standard InChI is InChI=1S/C15H22Cl2N2O.ClH/c1-15(2,10-20)14(19-8-6-18-7-9-19)11-4-3-5-12(16)13(11)17;/h3-5,14,18,20H,6-10H2,1-2H3;1H/t14-;/m0./s1. The highest BCUT2D eigenvalue weighted by Gasteiger charge is 2.37. The molecule has 3 nitrogen and oxygen atoms in total. The summed E-state index contributed by atoms with van der Waals surface area (Å²) in [4.78, 5) is 2.38. The van der Waals surface area contributed by atoms with Crippen LogP contribution in [0.4, 0.5) is 0 Å². The molecule has 2 rings (SSSR count). The first-order chi connectivity index (χ1) is 9.47. The second-order valence-corrected chi connectivity index (χ2v) is 6.76. The molecule has 1 aliphatic rings. The van der Waals surface area contributed by atoms with E-state index in [4.69, 9.17) is 23.2 Å². The normalized spacial score (nSPS) is 18.1. The first-order valence-corrected chi connectivity index (χ1v) is 7.72. The van der Waals surface area contributed by atoms with E-state index < -0.39 is 0 Å². The third-order valence-electron chi connectivity index (χ3n) is 3.94. The lowest BCUT2D eigenvalue weighted by molar-refractivity contribution is 0.0306. The molecule has 1 aromatic carbocycles. The summed E-state index contributed by atoms with van der Waals surface area (Å²) in [6, 6.07) is 5.79. The van der Waals surface area contributed by atoms with Gasteiger partial charge in [-0.05, 0) is 11.6 Å². The summed E-state index contributed by atoms with van der Waals surface area (Å²) in [7, 11) is 0. The van der Waals surface area contributed by atoms with Gasteiger partial charge in [-0.25, -0.2) is 0 Å². The van der Waals surface area contributed by atoms with Crippen LogP contribution in [-0.4, -0.2) is 42.8 Å². The molecule has 1 fully saturated rings. The summed E-state index contributed by atoms with van der Waals surface area (Å²) in [6.45, 7) is 8.03. The number of benzene rings is 1. The van der Waals surface area contributed by atoms with Crippen LogP contribution in [-0.2, 0) is 0 Å². The minimum atomic E-state index is -0.286. The average Bonchev–Trinajstić information content (AvgIpc) is 2.45. The molecule has 2 N–H and O–H groups in total. The van der Waals surface area contributed by atoms with E-state index in [1.165, 1.54) is 0 Å². The van der Waals surface area contributed by atoms with Gasteiger partial charge in [0.1, 0.15) is 0 Å². The van der Waals surface area contributed by atoms with E-state index in [-0.39, 0.29) is 30.5 Å². The molecular formula is C15H23Cl3N2O. The van der Waals surface area contributed by atoms with Crippen LogP contribution in [0.5, 0.6) is 0 Å². The number of rotatable bonds is 4. The second-order valence-electron chi connectivity index (χ2n) is 5.98. The third-order valence-corrected chi connectivity index (χ3v) is 4.77. The van der Waals surface area contributed by atoms with Crippen molar-refractivity contribution in [1.82, 2.24) is 10.2 Å². The summed E-state index contributed by atoms with van der Waals surface area (Å²) >= 11 is 12.6. The van der Waals surface area contributed by atoms with E-state index in [0.29, 0.717) is 10.0 Å². The highest BCUT2D eigenvalue weighted by atomic mass is 35.5. The molecule has 0 spiro atoms. The lowest BCUT2D eigenvalue weighted by atomic mass is 9.79. The molecule has 0 unspecified atom stereocenters. The summed E-state index contributed by atoms with van der Waals surface area (Å²) in [5.74, 6) is 0. The number of hydrogen-bond acceptors (Lipinski definition) is 3. The Morgan fingerprint density at radius 2 is 1.90 bits per heavy atom. The number of nitrogens with zero attached hydrogens (tertiary/aromatic N) is 1. The zero-order valence-corrected chi connectivity index (χ0v) is 14.7. The SMILES string of the molecule is CC(C)(CO)[C@H](c1cccc(Cl)c1Cl)N1CCNCC1.Cl. The van der Waals surface area contributed by atoms with Crippen molar-refractivity contribution in [2.24, 2.45) is 5.41 Å². The minimum absolute atomic E-state index is 0. The molecule has 120 valence electrons. The fourth-order valence-corrected chi connectivity index (χ4v) is 3.28. The van der Waals surface area contributed by atoms with Crippen LogP contribution in [0.15, 0.2) is 18.2 Å². The number of nitrogens with one attached hydrogen (secondary N) is 1. The van der Waals surface area contributed by atoms with Crippen molar-refractivity contribution in [2.45, 2.75) is 19.9 Å². The molecule has 0 aromatic heterocycles.